The lowest BCUT2D eigenvalue weighted by atomic mass is 10.1. The van der Waals surface area contributed by atoms with Crippen molar-refractivity contribution in [3.63, 3.8) is 0 Å². The third-order valence-electron chi connectivity index (χ3n) is 4.83. The van der Waals surface area contributed by atoms with E-state index in [2.05, 4.69) is 10.3 Å². The number of aromatic nitrogens is 1. The van der Waals surface area contributed by atoms with E-state index in [4.69, 9.17) is 4.74 Å². The number of carbonyl (C=O) groups is 1. The number of halogens is 1. The summed E-state index contributed by atoms with van der Waals surface area (Å²) in [4.78, 5) is 19.8. The van der Waals surface area contributed by atoms with E-state index in [-0.39, 0.29) is 18.3 Å². The molecule has 158 valence electrons. The zero-order chi connectivity index (χ0) is 21.8. The van der Waals surface area contributed by atoms with Crippen molar-refractivity contribution in [1.82, 2.24) is 10.3 Å². The standard InChI is InChI=1S/C24H22FN3O2S/c1-28(2)23-16(8-7-13-26-23)14-27-24(29)22-18(15-30-17-9-4-3-5-10-17)21-19(25)11-6-12-20(21)31-22/h3-13H,14-15H2,1-2H3,(H,27,29). The molecular formula is C24H22FN3O2S. The molecule has 1 amide bonds. The molecule has 4 aromatic rings. The molecule has 2 aromatic heterocycles. The number of para-hydroxylation sites is 1. The smallest absolute Gasteiger partial charge is 0.262 e. The normalized spacial score (nSPS) is 10.8. The van der Waals surface area contributed by atoms with Crippen LogP contribution in [0.4, 0.5) is 10.2 Å². The van der Waals surface area contributed by atoms with Gasteiger partial charge in [-0.25, -0.2) is 9.37 Å². The molecule has 2 heterocycles. The van der Waals surface area contributed by atoms with Crippen LogP contribution in [0.15, 0.2) is 66.9 Å². The lowest BCUT2D eigenvalue weighted by Crippen LogP contribution is -2.25. The van der Waals surface area contributed by atoms with Crippen LogP contribution in [0.1, 0.15) is 20.8 Å². The fraction of sp³-hybridized carbons (Fsp3) is 0.167. The number of hydrogen-bond donors (Lipinski definition) is 1. The monoisotopic (exact) mass is 435 g/mol. The molecule has 7 heteroatoms. The number of nitrogens with zero attached hydrogens (tertiary/aromatic N) is 2. The Hall–Kier alpha value is -3.45. The van der Waals surface area contributed by atoms with Crippen LogP contribution >= 0.6 is 11.3 Å². The third kappa shape index (κ3) is 4.51. The Morgan fingerprint density at radius 3 is 2.68 bits per heavy atom. The van der Waals surface area contributed by atoms with E-state index in [0.717, 1.165) is 11.4 Å². The van der Waals surface area contributed by atoms with Gasteiger partial charge in [0.1, 0.15) is 24.0 Å². The van der Waals surface area contributed by atoms with Crippen LogP contribution in [0, 0.1) is 5.82 Å². The summed E-state index contributed by atoms with van der Waals surface area (Å²) >= 11 is 1.27. The first kappa shape index (κ1) is 20.8. The van der Waals surface area contributed by atoms with Crippen molar-refractivity contribution < 1.29 is 13.9 Å². The molecule has 0 spiro atoms. The first-order valence-corrected chi connectivity index (χ1v) is 10.6. The van der Waals surface area contributed by atoms with Gasteiger partial charge in [0.2, 0.25) is 0 Å². The molecular weight excluding hydrogens is 413 g/mol. The number of amides is 1. The highest BCUT2D eigenvalue weighted by Crippen LogP contribution is 2.34. The van der Waals surface area contributed by atoms with Gasteiger partial charge in [-0.2, -0.15) is 0 Å². The van der Waals surface area contributed by atoms with Gasteiger partial charge in [-0.05, 0) is 30.3 Å². The average molecular weight is 436 g/mol. The van der Waals surface area contributed by atoms with Crippen molar-refractivity contribution in [1.29, 1.82) is 0 Å². The van der Waals surface area contributed by atoms with Crippen molar-refractivity contribution in [2.24, 2.45) is 0 Å². The van der Waals surface area contributed by atoms with Gasteiger partial charge in [0.25, 0.3) is 5.91 Å². The number of benzene rings is 2. The summed E-state index contributed by atoms with van der Waals surface area (Å²) in [5, 5.41) is 3.39. The lowest BCUT2D eigenvalue weighted by Gasteiger charge is -2.16. The third-order valence-corrected chi connectivity index (χ3v) is 6.02. The summed E-state index contributed by atoms with van der Waals surface area (Å²) in [6, 6.07) is 17.9. The molecule has 4 rings (SSSR count). The predicted molar refractivity (Wildman–Crippen MR) is 122 cm³/mol. The van der Waals surface area contributed by atoms with Gasteiger partial charge in [0.15, 0.2) is 0 Å². The first-order valence-electron chi connectivity index (χ1n) is 9.81. The van der Waals surface area contributed by atoms with Gasteiger partial charge in [0.05, 0.1) is 4.88 Å². The summed E-state index contributed by atoms with van der Waals surface area (Å²) in [5.74, 6) is 0.829. The summed E-state index contributed by atoms with van der Waals surface area (Å²) in [6.07, 6.45) is 1.72. The maximum absolute atomic E-state index is 14.6. The number of rotatable bonds is 7. The Kier molecular flexibility index (Phi) is 6.13. The van der Waals surface area contributed by atoms with Gasteiger partial charge < -0.3 is 15.0 Å². The summed E-state index contributed by atoms with van der Waals surface area (Å²) < 4.78 is 21.2. The molecule has 0 radical (unpaired) electrons. The van der Waals surface area contributed by atoms with Crippen LogP contribution in [0.3, 0.4) is 0 Å². The Balaban J connectivity index is 1.62. The van der Waals surface area contributed by atoms with E-state index in [1.165, 1.54) is 17.4 Å². The molecule has 0 aliphatic carbocycles. The van der Waals surface area contributed by atoms with Crippen LogP contribution in [0.25, 0.3) is 10.1 Å². The Morgan fingerprint density at radius 1 is 1.10 bits per heavy atom. The highest BCUT2D eigenvalue weighted by Gasteiger charge is 2.21. The summed E-state index contributed by atoms with van der Waals surface area (Å²) in [6.45, 7) is 0.416. The van der Waals surface area contributed by atoms with E-state index in [1.54, 1.807) is 12.3 Å². The zero-order valence-electron chi connectivity index (χ0n) is 17.3. The van der Waals surface area contributed by atoms with Crippen LogP contribution in [-0.2, 0) is 13.2 Å². The Labute approximate surface area is 184 Å². The van der Waals surface area contributed by atoms with E-state index in [1.807, 2.05) is 67.5 Å². The zero-order valence-corrected chi connectivity index (χ0v) is 18.1. The van der Waals surface area contributed by atoms with E-state index in [0.29, 0.717) is 32.8 Å². The molecule has 0 bridgehead atoms. The first-order chi connectivity index (χ1) is 15.0. The number of carbonyl (C=O) groups excluding carboxylic acids is 1. The largest absolute Gasteiger partial charge is 0.489 e. The van der Waals surface area contributed by atoms with Crippen molar-refractivity contribution in [2.45, 2.75) is 13.2 Å². The number of fused-ring (bicyclic) bond motifs is 1. The average Bonchev–Trinajstić information content (AvgIpc) is 3.17. The summed E-state index contributed by atoms with van der Waals surface area (Å²) in [5.41, 5.74) is 1.45. The maximum Gasteiger partial charge on any atom is 0.262 e. The quantitative estimate of drug-likeness (QED) is 0.443. The second kappa shape index (κ2) is 9.14. The highest BCUT2D eigenvalue weighted by molar-refractivity contribution is 7.21. The minimum Gasteiger partial charge on any atom is -0.489 e. The number of pyridine rings is 1. The Bertz CT molecular complexity index is 1210. The number of nitrogens with one attached hydrogen (secondary N) is 1. The Morgan fingerprint density at radius 2 is 1.90 bits per heavy atom. The molecule has 0 aliphatic rings. The van der Waals surface area contributed by atoms with Gasteiger partial charge in [-0.1, -0.05) is 30.3 Å². The molecule has 0 aliphatic heterocycles. The summed E-state index contributed by atoms with van der Waals surface area (Å²) in [7, 11) is 3.81. The van der Waals surface area contributed by atoms with Crippen LogP contribution in [-0.4, -0.2) is 25.0 Å². The van der Waals surface area contributed by atoms with Gasteiger partial charge >= 0.3 is 0 Å². The minimum atomic E-state index is -0.360. The van der Waals surface area contributed by atoms with Gasteiger partial charge in [-0.3, -0.25) is 4.79 Å². The highest BCUT2D eigenvalue weighted by atomic mass is 32.1. The molecule has 0 unspecified atom stereocenters. The predicted octanol–water partition coefficient (Wildman–Crippen LogP) is 5.01. The number of ether oxygens (including phenoxy) is 1. The molecule has 0 fully saturated rings. The molecule has 0 saturated heterocycles. The number of anilines is 1. The van der Waals surface area contributed by atoms with E-state index < -0.39 is 0 Å². The van der Waals surface area contributed by atoms with Gasteiger partial charge in [-0.15, -0.1) is 11.3 Å². The van der Waals surface area contributed by atoms with Crippen molar-refractivity contribution in [2.75, 3.05) is 19.0 Å². The second-order valence-electron chi connectivity index (χ2n) is 7.19. The molecule has 31 heavy (non-hydrogen) atoms. The van der Waals surface area contributed by atoms with Gasteiger partial charge in [0, 0.05) is 48.0 Å². The fourth-order valence-corrected chi connectivity index (χ4v) is 4.53. The van der Waals surface area contributed by atoms with Crippen LogP contribution < -0.4 is 15.0 Å². The van der Waals surface area contributed by atoms with Crippen LogP contribution in [0.5, 0.6) is 5.75 Å². The number of thiophene rings is 1. The maximum atomic E-state index is 14.6. The van der Waals surface area contributed by atoms with Crippen molar-refractivity contribution in [3.8, 4) is 5.75 Å². The molecule has 1 N–H and O–H groups in total. The molecule has 0 atom stereocenters. The van der Waals surface area contributed by atoms with Crippen LogP contribution in [0.2, 0.25) is 0 Å². The fourth-order valence-electron chi connectivity index (χ4n) is 3.39. The SMILES string of the molecule is CN(C)c1ncccc1CNC(=O)c1sc2cccc(F)c2c1COc1ccccc1. The molecule has 2 aromatic carbocycles. The van der Waals surface area contributed by atoms with E-state index >= 15 is 0 Å². The second-order valence-corrected chi connectivity index (χ2v) is 8.24. The minimum absolute atomic E-state index is 0.101. The lowest BCUT2D eigenvalue weighted by molar-refractivity contribution is 0.0953. The molecule has 0 saturated carbocycles. The topological polar surface area (TPSA) is 54.5 Å². The number of hydrogen-bond acceptors (Lipinski definition) is 5. The van der Waals surface area contributed by atoms with E-state index in [9.17, 15) is 9.18 Å². The molecule has 5 nitrogen and oxygen atoms in total. The van der Waals surface area contributed by atoms with Crippen molar-refractivity contribution >= 4 is 33.1 Å². The van der Waals surface area contributed by atoms with Crippen molar-refractivity contribution in [3.05, 3.63) is 88.7 Å².